The van der Waals surface area contributed by atoms with Crippen LogP contribution in [0.4, 0.5) is 9.59 Å². The summed E-state index contributed by atoms with van der Waals surface area (Å²) in [5.41, 5.74) is 4.76. The molecule has 0 N–H and O–H groups in total. The summed E-state index contributed by atoms with van der Waals surface area (Å²) in [6, 6.07) is 23.2. The van der Waals surface area contributed by atoms with E-state index in [4.69, 9.17) is 28.4 Å². The summed E-state index contributed by atoms with van der Waals surface area (Å²) in [7, 11) is 0. The van der Waals surface area contributed by atoms with Crippen molar-refractivity contribution < 1.29 is 66.7 Å². The smallest absolute Gasteiger partial charge is 0.424 e. The van der Waals surface area contributed by atoms with Gasteiger partial charge in [0.1, 0.15) is 23.0 Å². The van der Waals surface area contributed by atoms with Crippen LogP contribution >= 0.6 is 0 Å². The molecule has 4 aromatic carbocycles. The summed E-state index contributed by atoms with van der Waals surface area (Å²) in [6.45, 7) is 12.6. The first-order valence-corrected chi connectivity index (χ1v) is 17.7. The minimum atomic E-state index is -1.07. The van der Waals surface area contributed by atoms with Gasteiger partial charge in [-0.3, -0.25) is 0 Å². The number of benzene rings is 4. The number of carbonyl (C=O) groups is 6. The SMILES string of the molecule is C=C(C)C(=O)OCOC(=O)Oc1ccc(C=CC(=O)Oc2ccc3c(c2)C(C)(C)c2cc(OC(=O)C=Cc4ccc(OC(=O)OCOC(=O)C(=C)C)cc4)ccc2-3)cc1. The van der Waals surface area contributed by atoms with Crippen molar-refractivity contribution in [1.29, 1.82) is 0 Å². The van der Waals surface area contributed by atoms with Crippen molar-refractivity contribution in [3.05, 3.63) is 144 Å². The molecular formula is C45H38O14. The van der Waals surface area contributed by atoms with Gasteiger partial charge in [0.25, 0.3) is 0 Å². The number of esters is 4. The predicted molar refractivity (Wildman–Crippen MR) is 212 cm³/mol. The van der Waals surface area contributed by atoms with E-state index in [2.05, 4.69) is 22.6 Å². The molecule has 0 spiro atoms. The van der Waals surface area contributed by atoms with Gasteiger partial charge in [-0.1, -0.05) is 63.4 Å². The van der Waals surface area contributed by atoms with Gasteiger partial charge in [0.05, 0.1) is 0 Å². The van der Waals surface area contributed by atoms with Crippen molar-refractivity contribution in [1.82, 2.24) is 0 Å². The highest BCUT2D eigenvalue weighted by molar-refractivity contribution is 5.91. The summed E-state index contributed by atoms with van der Waals surface area (Å²) >= 11 is 0. The van der Waals surface area contributed by atoms with Crippen LogP contribution in [0.15, 0.2) is 121 Å². The van der Waals surface area contributed by atoms with E-state index >= 15 is 0 Å². The quantitative estimate of drug-likeness (QED) is 0.0390. The van der Waals surface area contributed by atoms with Crippen LogP contribution in [0.25, 0.3) is 23.3 Å². The average Bonchev–Trinajstić information content (AvgIpc) is 3.41. The summed E-state index contributed by atoms with van der Waals surface area (Å²) in [4.78, 5) is 71.9. The van der Waals surface area contributed by atoms with Gasteiger partial charge in [-0.2, -0.15) is 0 Å². The van der Waals surface area contributed by atoms with Gasteiger partial charge in [-0.25, -0.2) is 28.8 Å². The summed E-state index contributed by atoms with van der Waals surface area (Å²) < 4.78 is 40.0. The van der Waals surface area contributed by atoms with Crippen LogP contribution in [-0.4, -0.2) is 49.8 Å². The Hall–Kier alpha value is -7.74. The van der Waals surface area contributed by atoms with E-state index in [1.54, 1.807) is 48.5 Å². The fourth-order valence-electron chi connectivity index (χ4n) is 5.51. The van der Waals surface area contributed by atoms with Gasteiger partial charge in [-0.15, -0.1) is 0 Å². The Bertz CT molecular complexity index is 2200. The molecule has 302 valence electrons. The molecule has 4 aromatic rings. The highest BCUT2D eigenvalue weighted by Gasteiger charge is 2.36. The molecule has 14 nitrogen and oxygen atoms in total. The van der Waals surface area contributed by atoms with Crippen LogP contribution < -0.4 is 18.9 Å². The van der Waals surface area contributed by atoms with Gasteiger partial charge >= 0.3 is 36.2 Å². The molecule has 0 atom stereocenters. The lowest BCUT2D eigenvalue weighted by Crippen LogP contribution is -2.16. The standard InChI is InChI=1S/C45H38O14/c1-27(2)41(48)52-25-54-43(50)58-31-13-7-29(8-14-31)11-21-39(46)56-33-17-19-35-36-20-18-34(24-38(36)45(5,6)37(35)23-33)57-40(47)22-12-30-9-15-32(16-10-30)59-44(51)55-26-53-42(49)28(3)4/h7-24H,1,3,25-26H2,2,4-6H3. The number of fused-ring (bicyclic) bond motifs is 3. The molecule has 14 heteroatoms. The second-order valence-electron chi connectivity index (χ2n) is 13.3. The topological polar surface area (TPSA) is 176 Å². The number of rotatable bonds is 14. The molecule has 5 rings (SSSR count). The van der Waals surface area contributed by atoms with Crippen molar-refractivity contribution in [2.75, 3.05) is 13.6 Å². The van der Waals surface area contributed by atoms with Crippen LogP contribution in [-0.2, 0) is 43.5 Å². The lowest BCUT2D eigenvalue weighted by atomic mass is 9.82. The molecule has 0 aliphatic heterocycles. The van der Waals surface area contributed by atoms with Gasteiger partial charge in [0.15, 0.2) is 0 Å². The Balaban J connectivity index is 1.12. The minimum absolute atomic E-state index is 0.158. The van der Waals surface area contributed by atoms with E-state index in [-0.39, 0.29) is 22.6 Å². The molecule has 0 saturated carbocycles. The Morgan fingerprint density at radius 3 is 1.22 bits per heavy atom. The van der Waals surface area contributed by atoms with Crippen molar-refractivity contribution in [3.8, 4) is 34.1 Å². The maximum atomic E-state index is 12.8. The Labute approximate surface area is 338 Å². The Kier molecular flexibility index (Phi) is 13.6. The molecule has 0 saturated heterocycles. The summed E-state index contributed by atoms with van der Waals surface area (Å²) in [6.07, 6.45) is 3.47. The molecule has 1 aliphatic rings. The zero-order chi connectivity index (χ0) is 42.7. The van der Waals surface area contributed by atoms with Crippen molar-refractivity contribution in [2.45, 2.75) is 33.1 Å². The molecule has 0 fully saturated rings. The van der Waals surface area contributed by atoms with Gasteiger partial charge < -0.3 is 37.9 Å². The second kappa shape index (κ2) is 18.9. The average molecular weight is 803 g/mol. The zero-order valence-electron chi connectivity index (χ0n) is 32.4. The van der Waals surface area contributed by atoms with Crippen molar-refractivity contribution >= 4 is 48.3 Å². The molecule has 0 heterocycles. The normalized spacial score (nSPS) is 12.1. The Morgan fingerprint density at radius 1 is 0.508 bits per heavy atom. The van der Waals surface area contributed by atoms with E-state index in [0.29, 0.717) is 22.6 Å². The highest BCUT2D eigenvalue weighted by Crippen LogP contribution is 2.50. The molecule has 0 radical (unpaired) electrons. The molecule has 0 aromatic heterocycles. The van der Waals surface area contributed by atoms with E-state index in [9.17, 15) is 28.8 Å². The summed E-state index contributed by atoms with van der Waals surface area (Å²) in [5, 5.41) is 0. The first-order chi connectivity index (χ1) is 28.1. The fourth-order valence-corrected chi connectivity index (χ4v) is 5.51. The van der Waals surface area contributed by atoms with Crippen LogP contribution in [0.2, 0.25) is 0 Å². The molecule has 0 bridgehead atoms. The van der Waals surface area contributed by atoms with Gasteiger partial charge in [-0.05, 0) is 108 Å². The third kappa shape index (κ3) is 11.6. The highest BCUT2D eigenvalue weighted by atomic mass is 16.8. The second-order valence-corrected chi connectivity index (χ2v) is 13.3. The molecule has 0 amide bonds. The van der Waals surface area contributed by atoms with Crippen molar-refractivity contribution in [2.24, 2.45) is 0 Å². The van der Waals surface area contributed by atoms with Crippen LogP contribution in [0.3, 0.4) is 0 Å². The number of hydrogen-bond acceptors (Lipinski definition) is 14. The fraction of sp³-hybridized carbons (Fsp3) is 0.156. The minimum Gasteiger partial charge on any atom is -0.424 e. The Morgan fingerprint density at radius 2 is 0.864 bits per heavy atom. The molecule has 1 aliphatic carbocycles. The maximum absolute atomic E-state index is 12.8. The van der Waals surface area contributed by atoms with Crippen molar-refractivity contribution in [3.63, 3.8) is 0 Å². The predicted octanol–water partition coefficient (Wildman–Crippen LogP) is 8.41. The lowest BCUT2D eigenvalue weighted by molar-refractivity contribution is -0.148. The zero-order valence-corrected chi connectivity index (χ0v) is 32.4. The third-order valence-corrected chi connectivity index (χ3v) is 8.47. The number of ether oxygens (including phenoxy) is 8. The van der Waals surface area contributed by atoms with Crippen LogP contribution in [0, 0.1) is 0 Å². The van der Waals surface area contributed by atoms with Crippen LogP contribution in [0.5, 0.6) is 23.0 Å². The number of hydrogen-bond donors (Lipinski definition) is 0. The monoisotopic (exact) mass is 802 g/mol. The molecular weight excluding hydrogens is 764 g/mol. The number of carbonyl (C=O) groups excluding carboxylic acids is 6. The first kappa shape index (κ1) is 42.4. The van der Waals surface area contributed by atoms with Gasteiger partial charge in [0, 0.05) is 28.7 Å². The van der Waals surface area contributed by atoms with E-state index in [0.717, 1.165) is 22.3 Å². The van der Waals surface area contributed by atoms with E-state index in [1.165, 1.54) is 62.4 Å². The van der Waals surface area contributed by atoms with Gasteiger partial charge in [0.2, 0.25) is 13.6 Å². The lowest BCUT2D eigenvalue weighted by Gasteiger charge is -2.22. The maximum Gasteiger partial charge on any atom is 0.516 e. The largest absolute Gasteiger partial charge is 0.516 e. The summed E-state index contributed by atoms with van der Waals surface area (Å²) in [5.74, 6) is -1.61. The van der Waals surface area contributed by atoms with Crippen LogP contribution in [0.1, 0.15) is 49.9 Å². The first-order valence-electron chi connectivity index (χ1n) is 17.7. The van der Waals surface area contributed by atoms with E-state index < -0.39 is 55.2 Å². The molecule has 0 unspecified atom stereocenters. The van der Waals surface area contributed by atoms with E-state index in [1.807, 2.05) is 26.0 Å². The third-order valence-electron chi connectivity index (χ3n) is 8.47. The molecule has 59 heavy (non-hydrogen) atoms.